The van der Waals surface area contributed by atoms with Crippen molar-refractivity contribution in [3.8, 4) is 5.75 Å². The minimum atomic E-state index is -1.64. The van der Waals surface area contributed by atoms with Gasteiger partial charge in [0.15, 0.2) is 11.9 Å². The molecule has 0 saturated heterocycles. The second kappa shape index (κ2) is 7.22. The van der Waals surface area contributed by atoms with Gasteiger partial charge in [-0.1, -0.05) is 37.8 Å². The van der Waals surface area contributed by atoms with Crippen LogP contribution in [-0.4, -0.2) is 41.1 Å². The van der Waals surface area contributed by atoms with Crippen LogP contribution < -0.4 is 10.1 Å². The summed E-state index contributed by atoms with van der Waals surface area (Å²) >= 11 is 0. The van der Waals surface area contributed by atoms with Gasteiger partial charge in [-0.25, -0.2) is 0 Å². The van der Waals surface area contributed by atoms with Gasteiger partial charge in [0, 0.05) is 10.6 Å². The Balaban J connectivity index is 1.51. The molecule has 0 radical (unpaired) electrons. The second-order valence-electron chi connectivity index (χ2n) is 10.3. The minimum Gasteiger partial charge on any atom is -0.481 e. The molecule has 1 aromatic heterocycles. The Hall–Kier alpha value is -2.61. The number of para-hydroxylation sites is 1. The average molecular weight is 441 g/mol. The highest BCUT2D eigenvalue weighted by molar-refractivity contribution is 6.83. The lowest BCUT2D eigenvalue weighted by atomic mass is 10.0. The van der Waals surface area contributed by atoms with Crippen molar-refractivity contribution in [2.24, 2.45) is 0 Å². The summed E-state index contributed by atoms with van der Waals surface area (Å²) in [4.78, 5) is 28.1. The Morgan fingerprint density at radius 1 is 1.19 bits per heavy atom. The maximum absolute atomic E-state index is 13.3. The Morgan fingerprint density at radius 2 is 1.84 bits per heavy atom. The molecule has 1 aliphatic carbocycles. The van der Waals surface area contributed by atoms with Crippen molar-refractivity contribution in [2.45, 2.75) is 76.5 Å². The fraction of sp³-hybridized carbons (Fsp3) is 0.522. The molecule has 7 nitrogen and oxygen atoms in total. The molecule has 1 unspecified atom stereocenters. The van der Waals surface area contributed by atoms with Crippen LogP contribution in [0.3, 0.4) is 0 Å². The first-order chi connectivity index (χ1) is 14.5. The number of rotatable bonds is 6. The second-order valence-corrected chi connectivity index (χ2v) is 15.7. The number of carbonyl (C=O) groups excluding carboxylic acids is 2. The molecule has 2 heterocycles. The summed E-state index contributed by atoms with van der Waals surface area (Å²) in [6, 6.07) is 9.35. The van der Waals surface area contributed by atoms with Crippen molar-refractivity contribution in [1.82, 2.24) is 15.1 Å². The topological polar surface area (TPSA) is 87.3 Å². The number of aromatic nitrogens is 2. The first-order valence-electron chi connectivity index (χ1n) is 10.9. The largest absolute Gasteiger partial charge is 0.481 e. The highest BCUT2D eigenvalue weighted by Gasteiger charge is 2.59. The van der Waals surface area contributed by atoms with Crippen LogP contribution in [0.5, 0.6) is 5.75 Å². The molecule has 2 aliphatic rings. The molecule has 8 heteroatoms. The number of anilines is 1. The van der Waals surface area contributed by atoms with E-state index >= 15 is 0 Å². The fourth-order valence-electron chi connectivity index (χ4n) is 4.62. The number of ether oxygens (including phenoxy) is 1. The molecule has 2 aromatic rings. The monoisotopic (exact) mass is 440 g/mol. The van der Waals surface area contributed by atoms with Gasteiger partial charge in [0.2, 0.25) is 5.91 Å². The lowest BCUT2D eigenvalue weighted by Gasteiger charge is -2.33. The fourth-order valence-corrected chi connectivity index (χ4v) is 6.98. The van der Waals surface area contributed by atoms with Crippen LogP contribution >= 0.6 is 0 Å². The molecule has 166 valence electrons. The van der Waals surface area contributed by atoms with E-state index in [1.807, 2.05) is 44.2 Å². The number of H-pyrrole nitrogens is 1. The number of carbonyl (C=O) groups is 2. The molecule has 0 bridgehead atoms. The van der Waals surface area contributed by atoms with Gasteiger partial charge < -0.3 is 15.0 Å². The number of nitrogens with one attached hydrogen (secondary N) is 2. The van der Waals surface area contributed by atoms with Crippen LogP contribution in [0.15, 0.2) is 30.3 Å². The van der Waals surface area contributed by atoms with E-state index in [9.17, 15) is 9.59 Å². The van der Waals surface area contributed by atoms with E-state index in [-0.39, 0.29) is 16.9 Å². The summed E-state index contributed by atoms with van der Waals surface area (Å²) in [7, 11) is -1.64. The molecule has 0 spiro atoms. The number of amides is 2. The average Bonchev–Trinajstić information content (AvgIpc) is 3.37. The van der Waals surface area contributed by atoms with E-state index in [1.54, 1.807) is 11.8 Å². The minimum absolute atomic E-state index is 0.0735. The molecule has 1 fully saturated rings. The molecule has 1 atom stereocenters. The number of fused-ring (bicyclic) bond motifs is 1. The quantitative estimate of drug-likeness (QED) is 0.657. The van der Waals surface area contributed by atoms with Crippen molar-refractivity contribution < 1.29 is 14.3 Å². The third-order valence-corrected chi connectivity index (χ3v) is 10.6. The van der Waals surface area contributed by atoms with Crippen LogP contribution in [0.25, 0.3) is 0 Å². The number of hydrogen-bond donors (Lipinski definition) is 2. The third kappa shape index (κ3) is 3.56. The van der Waals surface area contributed by atoms with Gasteiger partial charge in [-0.05, 0) is 45.7 Å². The van der Waals surface area contributed by atoms with Crippen molar-refractivity contribution in [1.29, 1.82) is 0 Å². The van der Waals surface area contributed by atoms with Crippen LogP contribution in [0.1, 0.15) is 44.9 Å². The van der Waals surface area contributed by atoms with E-state index in [0.29, 0.717) is 18.1 Å². The summed E-state index contributed by atoms with van der Waals surface area (Å²) in [5, 5.41) is 10.3. The van der Waals surface area contributed by atoms with Crippen LogP contribution in [0.4, 0.5) is 5.82 Å². The number of hydrogen-bond acceptors (Lipinski definition) is 4. The predicted octanol–water partition coefficient (Wildman–Crippen LogP) is 4.27. The van der Waals surface area contributed by atoms with Crippen LogP contribution in [-0.2, 0) is 21.7 Å². The van der Waals surface area contributed by atoms with Gasteiger partial charge in [0.1, 0.15) is 5.75 Å². The lowest BCUT2D eigenvalue weighted by molar-refractivity contribution is -0.143. The first kappa shape index (κ1) is 21.6. The number of aromatic amines is 1. The lowest BCUT2D eigenvalue weighted by Crippen LogP contribution is -2.46. The molecule has 1 aromatic carbocycles. The standard InChI is InChI=1S/C23H32N4O3Si/c1-15(30-16-10-8-7-9-11-16)20(28)27-14-17-18(22(27,2)3)25-26-19(17)24-21(29)23(12-13-23)31(4,5)6/h7-11,15H,12-14H2,1-6H3,(H2,24,25,26,29). The molecule has 1 aliphatic heterocycles. The molecule has 31 heavy (non-hydrogen) atoms. The number of nitrogens with zero attached hydrogens (tertiary/aromatic N) is 2. The van der Waals surface area contributed by atoms with Crippen molar-refractivity contribution >= 4 is 25.7 Å². The van der Waals surface area contributed by atoms with Gasteiger partial charge >= 0.3 is 0 Å². The zero-order valence-corrected chi connectivity index (χ0v) is 20.2. The van der Waals surface area contributed by atoms with E-state index < -0.39 is 19.7 Å². The Morgan fingerprint density at radius 3 is 2.42 bits per heavy atom. The van der Waals surface area contributed by atoms with E-state index in [4.69, 9.17) is 4.74 Å². The van der Waals surface area contributed by atoms with Gasteiger partial charge in [0.25, 0.3) is 5.91 Å². The highest BCUT2D eigenvalue weighted by atomic mass is 28.3. The summed E-state index contributed by atoms with van der Waals surface area (Å²) in [5.74, 6) is 1.18. The van der Waals surface area contributed by atoms with E-state index in [0.717, 1.165) is 24.1 Å². The molecular formula is C23H32N4O3Si. The Labute approximate surface area is 184 Å². The molecular weight excluding hydrogens is 408 g/mol. The summed E-state index contributed by atoms with van der Waals surface area (Å²) in [5.41, 5.74) is 1.16. The Bertz CT molecular complexity index is 1010. The van der Waals surface area contributed by atoms with Crippen LogP contribution in [0, 0.1) is 0 Å². The van der Waals surface area contributed by atoms with Gasteiger partial charge in [0.05, 0.1) is 25.9 Å². The summed E-state index contributed by atoms with van der Waals surface area (Å²) < 4.78 is 5.86. The maximum Gasteiger partial charge on any atom is 0.264 e. The normalized spacial score (nSPS) is 19.5. The maximum atomic E-state index is 13.3. The molecule has 4 rings (SSSR count). The first-order valence-corrected chi connectivity index (χ1v) is 14.4. The van der Waals surface area contributed by atoms with Gasteiger partial charge in [-0.2, -0.15) is 5.10 Å². The van der Waals surface area contributed by atoms with Crippen LogP contribution in [0.2, 0.25) is 24.7 Å². The summed E-state index contributed by atoms with van der Waals surface area (Å²) in [6.45, 7) is 12.9. The van der Waals surface area contributed by atoms with Gasteiger partial charge in [-0.3, -0.25) is 14.7 Å². The van der Waals surface area contributed by atoms with Gasteiger partial charge in [-0.15, -0.1) is 0 Å². The number of benzene rings is 1. The van der Waals surface area contributed by atoms with Crippen molar-refractivity contribution in [3.63, 3.8) is 0 Å². The molecule has 2 N–H and O–H groups in total. The van der Waals surface area contributed by atoms with E-state index in [1.165, 1.54) is 0 Å². The molecule has 2 amide bonds. The van der Waals surface area contributed by atoms with E-state index in [2.05, 4.69) is 35.2 Å². The zero-order chi connectivity index (χ0) is 22.6. The predicted molar refractivity (Wildman–Crippen MR) is 123 cm³/mol. The Kier molecular flexibility index (Phi) is 5.03. The molecule has 1 saturated carbocycles. The SMILES string of the molecule is CC(Oc1ccccc1)C(=O)N1Cc2c(NC(=O)C3([Si](C)(C)C)CC3)n[nH]c2C1(C)C. The van der Waals surface area contributed by atoms with Crippen molar-refractivity contribution in [2.75, 3.05) is 5.32 Å². The highest BCUT2D eigenvalue weighted by Crippen LogP contribution is 2.61. The zero-order valence-electron chi connectivity index (χ0n) is 19.2. The summed E-state index contributed by atoms with van der Waals surface area (Å²) in [6.07, 6.45) is 1.27. The smallest absolute Gasteiger partial charge is 0.264 e. The van der Waals surface area contributed by atoms with Crippen molar-refractivity contribution in [3.05, 3.63) is 41.6 Å². The third-order valence-electron chi connectivity index (χ3n) is 6.99.